The highest BCUT2D eigenvalue weighted by molar-refractivity contribution is 5.80. The van der Waals surface area contributed by atoms with Crippen LogP contribution in [0.5, 0.6) is 0 Å². The Labute approximate surface area is 195 Å². The monoisotopic (exact) mass is 476 g/mol. The molecule has 1 aliphatic heterocycles. The maximum atomic E-state index is 12.4. The smallest absolute Gasteiger partial charge is 0.347 e. The van der Waals surface area contributed by atoms with Crippen molar-refractivity contribution in [1.29, 1.82) is 0 Å². The maximum Gasteiger partial charge on any atom is 0.347 e. The van der Waals surface area contributed by atoms with E-state index in [9.17, 15) is 24.6 Å². The van der Waals surface area contributed by atoms with E-state index in [1.807, 2.05) is 13.8 Å². The van der Waals surface area contributed by atoms with Crippen molar-refractivity contribution in [1.82, 2.24) is 0 Å². The topological polar surface area (TPSA) is 138 Å². The summed E-state index contributed by atoms with van der Waals surface area (Å²) in [5.41, 5.74) is 0. The molecule has 1 saturated heterocycles. The second-order valence-corrected chi connectivity index (χ2v) is 8.75. The van der Waals surface area contributed by atoms with Gasteiger partial charge in [0, 0.05) is 19.8 Å². The van der Waals surface area contributed by atoms with Crippen LogP contribution in [-0.4, -0.2) is 77.1 Å². The lowest BCUT2D eigenvalue weighted by molar-refractivity contribution is -0.245. The van der Waals surface area contributed by atoms with Crippen molar-refractivity contribution in [3.8, 4) is 0 Å². The van der Waals surface area contributed by atoms with Crippen LogP contribution in [0.4, 0.5) is 0 Å². The first-order chi connectivity index (χ1) is 15.4. The van der Waals surface area contributed by atoms with Gasteiger partial charge in [-0.1, -0.05) is 13.3 Å². The molecule has 0 aromatic heterocycles. The molecule has 2 N–H and O–H groups in total. The molecule has 1 aliphatic rings. The third-order valence-electron chi connectivity index (χ3n) is 5.13. The second kappa shape index (κ2) is 14.5. The molecule has 10 heteroatoms. The standard InChI is InChI=1S/C23H40O10/c1-7-8-21-30-14(3)10-19(32-21)11-18(26)12-20(9-13(2)29-17(6)25)33-23(28)16(5)31-22(27)15(4)24/h13-16,18-21,24,26H,7-12H2,1-6H3. The molecule has 0 bridgehead atoms. The lowest BCUT2D eigenvalue weighted by Crippen LogP contribution is -2.39. The van der Waals surface area contributed by atoms with Crippen LogP contribution >= 0.6 is 0 Å². The molecule has 192 valence electrons. The number of ether oxygens (including phenoxy) is 5. The number of carbonyl (C=O) groups is 3. The summed E-state index contributed by atoms with van der Waals surface area (Å²) in [7, 11) is 0. The van der Waals surface area contributed by atoms with E-state index in [-0.39, 0.29) is 31.3 Å². The molecule has 0 spiro atoms. The highest BCUT2D eigenvalue weighted by Gasteiger charge is 2.32. The largest absolute Gasteiger partial charge is 0.463 e. The number of aliphatic hydroxyl groups is 2. The Hall–Kier alpha value is -1.75. The van der Waals surface area contributed by atoms with Gasteiger partial charge in [0.05, 0.1) is 18.3 Å². The number of esters is 3. The Kier molecular flexibility index (Phi) is 12.9. The van der Waals surface area contributed by atoms with E-state index in [0.29, 0.717) is 12.8 Å². The highest BCUT2D eigenvalue weighted by atomic mass is 16.7. The molecule has 1 heterocycles. The van der Waals surface area contributed by atoms with Crippen molar-refractivity contribution in [2.75, 3.05) is 0 Å². The summed E-state index contributed by atoms with van der Waals surface area (Å²) in [5.74, 6) is -2.24. The van der Waals surface area contributed by atoms with Gasteiger partial charge in [-0.15, -0.1) is 0 Å². The summed E-state index contributed by atoms with van der Waals surface area (Å²) >= 11 is 0. The highest BCUT2D eigenvalue weighted by Crippen LogP contribution is 2.26. The SMILES string of the molecule is CCCC1OC(C)CC(CC(O)CC(CC(C)OC(C)=O)OC(=O)C(C)OC(=O)C(C)O)O1. The number of carbonyl (C=O) groups excluding carboxylic acids is 3. The summed E-state index contributed by atoms with van der Waals surface area (Å²) in [6.45, 7) is 9.50. The third-order valence-corrected chi connectivity index (χ3v) is 5.13. The molecule has 1 rings (SSSR count). The Morgan fingerprint density at radius 2 is 1.67 bits per heavy atom. The van der Waals surface area contributed by atoms with Gasteiger partial charge in [0.2, 0.25) is 0 Å². The molecular weight excluding hydrogens is 436 g/mol. The molecule has 0 aromatic rings. The average Bonchev–Trinajstić information content (AvgIpc) is 2.66. The number of rotatable bonds is 13. The summed E-state index contributed by atoms with van der Waals surface area (Å²) in [4.78, 5) is 35.2. The lowest BCUT2D eigenvalue weighted by Gasteiger charge is -2.35. The fourth-order valence-corrected chi connectivity index (χ4v) is 3.69. The summed E-state index contributed by atoms with van der Waals surface area (Å²) < 4.78 is 27.2. The van der Waals surface area contributed by atoms with Gasteiger partial charge in [-0.3, -0.25) is 4.79 Å². The van der Waals surface area contributed by atoms with Crippen LogP contribution < -0.4 is 0 Å². The van der Waals surface area contributed by atoms with Gasteiger partial charge in [0.25, 0.3) is 0 Å². The van der Waals surface area contributed by atoms with Crippen LogP contribution in [0, 0.1) is 0 Å². The minimum Gasteiger partial charge on any atom is -0.463 e. The molecule has 0 aliphatic carbocycles. The predicted octanol–water partition coefficient (Wildman–Crippen LogP) is 2.01. The van der Waals surface area contributed by atoms with Crippen LogP contribution in [0.1, 0.15) is 80.1 Å². The van der Waals surface area contributed by atoms with Gasteiger partial charge in [-0.25, -0.2) is 9.59 Å². The van der Waals surface area contributed by atoms with Crippen LogP contribution in [-0.2, 0) is 38.1 Å². The van der Waals surface area contributed by atoms with Gasteiger partial charge in [-0.05, 0) is 47.0 Å². The molecule has 8 atom stereocenters. The van der Waals surface area contributed by atoms with Crippen molar-refractivity contribution in [2.24, 2.45) is 0 Å². The number of hydrogen-bond acceptors (Lipinski definition) is 10. The fourth-order valence-electron chi connectivity index (χ4n) is 3.69. The van der Waals surface area contributed by atoms with Gasteiger partial charge in [0.1, 0.15) is 18.3 Å². The first kappa shape index (κ1) is 29.3. The van der Waals surface area contributed by atoms with Crippen LogP contribution in [0.3, 0.4) is 0 Å². The van der Waals surface area contributed by atoms with Crippen molar-refractivity contribution in [3.05, 3.63) is 0 Å². The number of aliphatic hydroxyl groups excluding tert-OH is 2. The molecule has 0 radical (unpaired) electrons. The quantitative estimate of drug-likeness (QED) is 0.300. The average molecular weight is 477 g/mol. The summed E-state index contributed by atoms with van der Waals surface area (Å²) in [6, 6.07) is 0. The first-order valence-electron chi connectivity index (χ1n) is 11.7. The number of hydrogen-bond donors (Lipinski definition) is 2. The summed E-state index contributed by atoms with van der Waals surface area (Å²) in [5, 5.41) is 20.0. The molecule has 1 fully saturated rings. The Balaban J connectivity index is 2.75. The van der Waals surface area contributed by atoms with Gasteiger partial charge >= 0.3 is 17.9 Å². The minimum absolute atomic E-state index is 0.00886. The second-order valence-electron chi connectivity index (χ2n) is 8.75. The Morgan fingerprint density at radius 1 is 1.00 bits per heavy atom. The normalized spacial score (nSPS) is 25.3. The van der Waals surface area contributed by atoms with E-state index < -0.39 is 48.4 Å². The van der Waals surface area contributed by atoms with E-state index in [1.165, 1.54) is 20.8 Å². The van der Waals surface area contributed by atoms with E-state index >= 15 is 0 Å². The minimum atomic E-state index is -1.37. The molecule has 8 unspecified atom stereocenters. The Bertz CT molecular complexity index is 622. The van der Waals surface area contributed by atoms with Crippen LogP contribution in [0.15, 0.2) is 0 Å². The zero-order valence-corrected chi connectivity index (χ0v) is 20.5. The molecular formula is C23H40O10. The van der Waals surface area contributed by atoms with Gasteiger partial charge in [0.15, 0.2) is 12.4 Å². The molecule has 33 heavy (non-hydrogen) atoms. The predicted molar refractivity (Wildman–Crippen MR) is 117 cm³/mol. The van der Waals surface area contributed by atoms with E-state index in [2.05, 4.69) is 0 Å². The molecule has 0 saturated carbocycles. The maximum absolute atomic E-state index is 12.4. The lowest BCUT2D eigenvalue weighted by atomic mass is 9.98. The zero-order valence-electron chi connectivity index (χ0n) is 20.5. The van der Waals surface area contributed by atoms with Crippen molar-refractivity contribution in [2.45, 2.75) is 129 Å². The molecule has 0 amide bonds. The van der Waals surface area contributed by atoms with Crippen molar-refractivity contribution in [3.63, 3.8) is 0 Å². The van der Waals surface area contributed by atoms with Gasteiger partial charge in [-0.2, -0.15) is 0 Å². The van der Waals surface area contributed by atoms with Crippen molar-refractivity contribution < 1.29 is 48.3 Å². The van der Waals surface area contributed by atoms with Crippen LogP contribution in [0.2, 0.25) is 0 Å². The van der Waals surface area contributed by atoms with E-state index in [0.717, 1.165) is 12.8 Å². The van der Waals surface area contributed by atoms with E-state index in [4.69, 9.17) is 23.7 Å². The molecule has 0 aromatic carbocycles. The third kappa shape index (κ3) is 11.8. The Morgan fingerprint density at radius 3 is 2.24 bits per heavy atom. The van der Waals surface area contributed by atoms with E-state index in [1.54, 1.807) is 6.92 Å². The first-order valence-corrected chi connectivity index (χ1v) is 11.7. The molecule has 10 nitrogen and oxygen atoms in total. The van der Waals surface area contributed by atoms with Gasteiger partial charge < -0.3 is 33.9 Å². The zero-order chi connectivity index (χ0) is 25.1. The fraction of sp³-hybridized carbons (Fsp3) is 0.870. The van der Waals surface area contributed by atoms with Crippen molar-refractivity contribution >= 4 is 17.9 Å². The van der Waals surface area contributed by atoms with Crippen LogP contribution in [0.25, 0.3) is 0 Å². The summed E-state index contributed by atoms with van der Waals surface area (Å²) in [6.07, 6.45) is -2.43.